The first-order valence-electron chi connectivity index (χ1n) is 5.50. The van der Waals surface area contributed by atoms with Crippen LogP contribution in [-0.2, 0) is 0 Å². The molecule has 0 aromatic carbocycles. The molecular weight excluding hydrogens is 146 g/mol. The van der Waals surface area contributed by atoms with Crippen molar-refractivity contribution in [1.82, 2.24) is 4.90 Å². The van der Waals surface area contributed by atoms with Gasteiger partial charge in [-0.25, -0.2) is 0 Å². The van der Waals surface area contributed by atoms with E-state index >= 15 is 0 Å². The summed E-state index contributed by atoms with van der Waals surface area (Å²) < 4.78 is 0. The summed E-state index contributed by atoms with van der Waals surface area (Å²) in [6, 6.07) is 0.770. The molecule has 0 spiro atoms. The second-order valence-corrected chi connectivity index (χ2v) is 3.59. The van der Waals surface area contributed by atoms with Gasteiger partial charge in [0.2, 0.25) is 0 Å². The van der Waals surface area contributed by atoms with Gasteiger partial charge in [-0.05, 0) is 32.9 Å². The van der Waals surface area contributed by atoms with Gasteiger partial charge in [0.25, 0.3) is 0 Å². The van der Waals surface area contributed by atoms with Crippen LogP contribution in [0.1, 0.15) is 53.4 Å². The lowest BCUT2D eigenvalue weighted by molar-refractivity contribution is 0.210. The van der Waals surface area contributed by atoms with E-state index < -0.39 is 0 Å². The summed E-state index contributed by atoms with van der Waals surface area (Å²) in [4.78, 5) is 2.58. The van der Waals surface area contributed by atoms with Crippen LogP contribution in [0.2, 0.25) is 0 Å². The molecule has 0 fully saturated rings. The summed E-state index contributed by atoms with van der Waals surface area (Å²) in [6.45, 7) is 11.6. The van der Waals surface area contributed by atoms with Crippen molar-refractivity contribution in [3.63, 3.8) is 0 Å². The minimum Gasteiger partial charge on any atom is -0.301 e. The zero-order valence-electron chi connectivity index (χ0n) is 9.27. The first-order valence-corrected chi connectivity index (χ1v) is 5.50. The van der Waals surface area contributed by atoms with Crippen LogP contribution in [0, 0.1) is 0 Å². The zero-order chi connectivity index (χ0) is 9.40. The van der Waals surface area contributed by atoms with E-state index in [1.807, 2.05) is 0 Å². The van der Waals surface area contributed by atoms with Gasteiger partial charge in [-0.15, -0.1) is 0 Å². The van der Waals surface area contributed by atoms with E-state index in [1.54, 1.807) is 0 Å². The molecule has 1 atom stereocenters. The lowest BCUT2D eigenvalue weighted by Crippen LogP contribution is -2.33. The Kier molecular flexibility index (Phi) is 7.58. The van der Waals surface area contributed by atoms with Crippen LogP contribution >= 0.6 is 0 Å². The van der Waals surface area contributed by atoms with Crippen molar-refractivity contribution in [3.8, 4) is 0 Å². The monoisotopic (exact) mass is 171 g/mol. The third kappa shape index (κ3) is 4.76. The second kappa shape index (κ2) is 7.60. The molecule has 0 N–H and O–H groups in total. The molecule has 0 aliphatic heterocycles. The summed E-state index contributed by atoms with van der Waals surface area (Å²) in [5.41, 5.74) is 0. The molecule has 0 aromatic rings. The lowest BCUT2D eigenvalue weighted by atomic mass is 10.2. The molecule has 12 heavy (non-hydrogen) atoms. The number of nitrogens with zero attached hydrogens (tertiary/aromatic N) is 1. The molecule has 0 aliphatic rings. The molecule has 0 saturated carbocycles. The number of hydrogen-bond donors (Lipinski definition) is 0. The maximum atomic E-state index is 2.58. The highest BCUT2D eigenvalue weighted by atomic mass is 15.1. The molecule has 0 heterocycles. The van der Waals surface area contributed by atoms with Crippen LogP contribution in [0.3, 0.4) is 0 Å². The van der Waals surface area contributed by atoms with E-state index in [4.69, 9.17) is 0 Å². The van der Waals surface area contributed by atoms with Gasteiger partial charge in [0, 0.05) is 6.04 Å². The fourth-order valence-corrected chi connectivity index (χ4v) is 1.51. The Morgan fingerprint density at radius 2 is 1.75 bits per heavy atom. The smallest absolute Gasteiger partial charge is 0.00641 e. The summed E-state index contributed by atoms with van der Waals surface area (Å²) in [5.74, 6) is 0. The fraction of sp³-hybridized carbons (Fsp3) is 1.00. The first kappa shape index (κ1) is 12.0. The highest BCUT2D eigenvalue weighted by Gasteiger charge is 2.07. The van der Waals surface area contributed by atoms with Gasteiger partial charge in [0.1, 0.15) is 0 Å². The number of rotatable bonds is 7. The highest BCUT2D eigenvalue weighted by Crippen LogP contribution is 2.05. The summed E-state index contributed by atoms with van der Waals surface area (Å²) in [7, 11) is 0. The van der Waals surface area contributed by atoms with Gasteiger partial charge < -0.3 is 4.90 Å². The molecular formula is C11H25N. The van der Waals surface area contributed by atoms with Crippen molar-refractivity contribution < 1.29 is 0 Å². The van der Waals surface area contributed by atoms with Crippen LogP contribution in [0.4, 0.5) is 0 Å². The van der Waals surface area contributed by atoms with Crippen LogP contribution in [0.5, 0.6) is 0 Å². The van der Waals surface area contributed by atoms with Crippen molar-refractivity contribution in [2.45, 2.75) is 59.4 Å². The Balaban J connectivity index is 3.52. The van der Waals surface area contributed by atoms with Crippen LogP contribution in [0.15, 0.2) is 0 Å². The molecule has 0 radical (unpaired) electrons. The van der Waals surface area contributed by atoms with Crippen LogP contribution < -0.4 is 0 Å². The maximum absolute atomic E-state index is 2.58. The molecule has 0 aliphatic carbocycles. The summed E-state index contributed by atoms with van der Waals surface area (Å²) in [6.07, 6.45) is 5.36. The molecule has 1 nitrogen and oxygen atoms in total. The van der Waals surface area contributed by atoms with Crippen LogP contribution in [0.25, 0.3) is 0 Å². The topological polar surface area (TPSA) is 3.24 Å². The summed E-state index contributed by atoms with van der Waals surface area (Å²) in [5, 5.41) is 0. The van der Waals surface area contributed by atoms with E-state index in [2.05, 4.69) is 32.6 Å². The van der Waals surface area contributed by atoms with E-state index in [0.29, 0.717) is 0 Å². The quantitative estimate of drug-likeness (QED) is 0.531. The molecule has 74 valence electrons. The van der Waals surface area contributed by atoms with Gasteiger partial charge in [-0.2, -0.15) is 0 Å². The minimum atomic E-state index is 0.770. The Morgan fingerprint density at radius 3 is 2.17 bits per heavy atom. The predicted molar refractivity (Wildman–Crippen MR) is 56.5 cm³/mol. The number of hydrogen-bond acceptors (Lipinski definition) is 1. The van der Waals surface area contributed by atoms with Gasteiger partial charge in [0.15, 0.2) is 0 Å². The van der Waals surface area contributed by atoms with Gasteiger partial charge >= 0.3 is 0 Å². The number of unbranched alkanes of at least 4 members (excludes halogenated alkanes) is 2. The highest BCUT2D eigenvalue weighted by molar-refractivity contribution is 4.63. The maximum Gasteiger partial charge on any atom is 0.00641 e. The van der Waals surface area contributed by atoms with Crippen molar-refractivity contribution in [2.24, 2.45) is 0 Å². The molecule has 1 unspecified atom stereocenters. The Hall–Kier alpha value is -0.0400. The normalized spacial score (nSPS) is 13.8. The Morgan fingerprint density at radius 1 is 1.08 bits per heavy atom. The van der Waals surface area contributed by atoms with Crippen molar-refractivity contribution in [3.05, 3.63) is 0 Å². The van der Waals surface area contributed by atoms with E-state index in [0.717, 1.165) is 6.04 Å². The Bertz CT molecular complexity index is 91.0. The average Bonchev–Trinajstić information content (AvgIpc) is 2.11. The average molecular weight is 171 g/mol. The van der Waals surface area contributed by atoms with Crippen molar-refractivity contribution >= 4 is 0 Å². The molecule has 0 amide bonds. The largest absolute Gasteiger partial charge is 0.301 e. The van der Waals surface area contributed by atoms with Gasteiger partial charge in [-0.3, -0.25) is 0 Å². The molecule has 1 heteroatoms. The second-order valence-electron chi connectivity index (χ2n) is 3.59. The van der Waals surface area contributed by atoms with E-state index in [9.17, 15) is 0 Å². The molecule has 0 saturated heterocycles. The van der Waals surface area contributed by atoms with E-state index in [-0.39, 0.29) is 0 Å². The molecule has 0 aromatic heterocycles. The van der Waals surface area contributed by atoms with Gasteiger partial charge in [0.05, 0.1) is 0 Å². The van der Waals surface area contributed by atoms with Crippen molar-refractivity contribution in [1.29, 1.82) is 0 Å². The standard InChI is InChI=1S/C11H25N/c1-5-8-9-10-12(7-3)11(4)6-2/h11H,5-10H2,1-4H3. The third-order valence-corrected chi connectivity index (χ3v) is 2.67. The lowest BCUT2D eigenvalue weighted by Gasteiger charge is -2.26. The first-order chi connectivity index (χ1) is 5.76. The summed E-state index contributed by atoms with van der Waals surface area (Å²) >= 11 is 0. The SMILES string of the molecule is CCCCCN(CC)C(C)CC. The van der Waals surface area contributed by atoms with Crippen LogP contribution in [-0.4, -0.2) is 24.0 Å². The predicted octanol–water partition coefficient (Wildman–Crippen LogP) is 3.30. The zero-order valence-corrected chi connectivity index (χ0v) is 9.27. The van der Waals surface area contributed by atoms with Crippen molar-refractivity contribution in [2.75, 3.05) is 13.1 Å². The molecule has 0 rings (SSSR count). The molecule has 0 bridgehead atoms. The Labute approximate surface area is 78.1 Å². The van der Waals surface area contributed by atoms with E-state index in [1.165, 1.54) is 38.8 Å². The third-order valence-electron chi connectivity index (χ3n) is 2.67. The van der Waals surface area contributed by atoms with Gasteiger partial charge in [-0.1, -0.05) is 33.6 Å². The minimum absolute atomic E-state index is 0.770. The fourth-order valence-electron chi connectivity index (χ4n) is 1.51.